The van der Waals surface area contributed by atoms with Crippen LogP contribution in [0.25, 0.3) is 5.65 Å². The van der Waals surface area contributed by atoms with Crippen LogP contribution in [0, 0.1) is 5.95 Å². The van der Waals surface area contributed by atoms with Crippen LogP contribution in [-0.4, -0.2) is 37.0 Å². The SMILES string of the molecule is CCOC(=O)c1cn(Cc2cn3c(F)c(C4CC4)ccc3n2)nn1. The van der Waals surface area contributed by atoms with E-state index in [9.17, 15) is 9.18 Å². The van der Waals surface area contributed by atoms with Crippen LogP contribution < -0.4 is 0 Å². The molecule has 8 heteroatoms. The Hall–Kier alpha value is -2.77. The van der Waals surface area contributed by atoms with Crippen molar-refractivity contribution in [2.75, 3.05) is 6.61 Å². The minimum atomic E-state index is -0.515. The van der Waals surface area contributed by atoms with Gasteiger partial charge in [-0.05, 0) is 31.7 Å². The number of carbonyl (C=O) groups excluding carboxylic acids is 1. The van der Waals surface area contributed by atoms with Crippen molar-refractivity contribution in [3.63, 3.8) is 0 Å². The molecule has 24 heavy (non-hydrogen) atoms. The predicted molar refractivity (Wildman–Crippen MR) is 82.2 cm³/mol. The van der Waals surface area contributed by atoms with Gasteiger partial charge in [-0.3, -0.25) is 4.40 Å². The van der Waals surface area contributed by atoms with Crippen LogP contribution in [0.2, 0.25) is 0 Å². The quantitative estimate of drug-likeness (QED) is 0.530. The van der Waals surface area contributed by atoms with Gasteiger partial charge < -0.3 is 4.74 Å². The van der Waals surface area contributed by atoms with Gasteiger partial charge in [0.15, 0.2) is 5.69 Å². The van der Waals surface area contributed by atoms with E-state index in [1.165, 1.54) is 15.3 Å². The smallest absolute Gasteiger partial charge is 0.360 e. The maximum Gasteiger partial charge on any atom is 0.360 e. The molecule has 1 fully saturated rings. The second-order valence-corrected chi connectivity index (χ2v) is 5.84. The first kappa shape index (κ1) is 14.8. The van der Waals surface area contributed by atoms with E-state index < -0.39 is 5.97 Å². The summed E-state index contributed by atoms with van der Waals surface area (Å²) >= 11 is 0. The minimum absolute atomic E-state index is 0.141. The van der Waals surface area contributed by atoms with Gasteiger partial charge in [0.2, 0.25) is 5.95 Å². The van der Waals surface area contributed by atoms with Crippen molar-refractivity contribution in [2.24, 2.45) is 0 Å². The molecule has 0 aliphatic heterocycles. The number of fused-ring (bicyclic) bond motifs is 1. The molecule has 0 aromatic carbocycles. The van der Waals surface area contributed by atoms with E-state index in [1.807, 2.05) is 12.1 Å². The molecule has 3 aromatic heterocycles. The fraction of sp³-hybridized carbons (Fsp3) is 0.375. The summed E-state index contributed by atoms with van der Waals surface area (Å²) in [4.78, 5) is 16.0. The molecule has 0 atom stereocenters. The molecule has 0 bridgehead atoms. The number of ether oxygens (including phenoxy) is 1. The molecule has 3 heterocycles. The Morgan fingerprint density at radius 2 is 2.21 bits per heavy atom. The number of aromatic nitrogens is 5. The lowest BCUT2D eigenvalue weighted by atomic mass is 10.2. The fourth-order valence-corrected chi connectivity index (χ4v) is 2.71. The average molecular weight is 329 g/mol. The van der Waals surface area contributed by atoms with E-state index >= 15 is 0 Å². The van der Waals surface area contributed by atoms with Gasteiger partial charge in [0.05, 0.1) is 25.0 Å². The van der Waals surface area contributed by atoms with E-state index in [0.29, 0.717) is 23.8 Å². The van der Waals surface area contributed by atoms with Gasteiger partial charge in [0.25, 0.3) is 0 Å². The van der Waals surface area contributed by atoms with E-state index in [-0.39, 0.29) is 18.2 Å². The van der Waals surface area contributed by atoms with Crippen LogP contribution in [0.3, 0.4) is 0 Å². The van der Waals surface area contributed by atoms with Crippen LogP contribution >= 0.6 is 0 Å². The van der Waals surface area contributed by atoms with Gasteiger partial charge in [-0.15, -0.1) is 5.10 Å². The first-order valence-electron chi connectivity index (χ1n) is 7.89. The molecule has 7 nitrogen and oxygen atoms in total. The Kier molecular flexibility index (Phi) is 3.51. The summed E-state index contributed by atoms with van der Waals surface area (Å²) in [7, 11) is 0. The zero-order valence-electron chi connectivity index (χ0n) is 13.1. The van der Waals surface area contributed by atoms with Crippen molar-refractivity contribution >= 4 is 11.6 Å². The molecular weight excluding hydrogens is 313 g/mol. The highest BCUT2D eigenvalue weighted by Crippen LogP contribution is 2.41. The van der Waals surface area contributed by atoms with Crippen LogP contribution in [0.5, 0.6) is 0 Å². The van der Waals surface area contributed by atoms with Crippen LogP contribution in [0.4, 0.5) is 4.39 Å². The number of hydrogen-bond acceptors (Lipinski definition) is 5. The van der Waals surface area contributed by atoms with Gasteiger partial charge in [-0.1, -0.05) is 11.3 Å². The Bertz CT molecular complexity index is 912. The molecule has 0 saturated heterocycles. The third-order valence-electron chi connectivity index (χ3n) is 4.01. The largest absolute Gasteiger partial charge is 0.461 e. The van der Waals surface area contributed by atoms with E-state index in [2.05, 4.69) is 15.3 Å². The van der Waals surface area contributed by atoms with Crippen molar-refractivity contribution in [1.29, 1.82) is 0 Å². The first-order chi connectivity index (χ1) is 11.7. The van der Waals surface area contributed by atoms with Crippen molar-refractivity contribution in [1.82, 2.24) is 24.4 Å². The van der Waals surface area contributed by atoms with Crippen molar-refractivity contribution < 1.29 is 13.9 Å². The number of carbonyl (C=O) groups is 1. The highest BCUT2D eigenvalue weighted by molar-refractivity contribution is 5.86. The van der Waals surface area contributed by atoms with Crippen LogP contribution in [-0.2, 0) is 11.3 Å². The Morgan fingerprint density at radius 3 is 2.96 bits per heavy atom. The zero-order valence-corrected chi connectivity index (χ0v) is 13.1. The van der Waals surface area contributed by atoms with Crippen molar-refractivity contribution in [2.45, 2.75) is 32.2 Å². The molecule has 0 spiro atoms. The van der Waals surface area contributed by atoms with Gasteiger partial charge in [-0.25, -0.2) is 14.5 Å². The fourth-order valence-electron chi connectivity index (χ4n) is 2.71. The van der Waals surface area contributed by atoms with E-state index in [0.717, 1.165) is 18.4 Å². The molecule has 0 N–H and O–H groups in total. The molecule has 3 aromatic rings. The third-order valence-corrected chi connectivity index (χ3v) is 4.01. The monoisotopic (exact) mass is 329 g/mol. The first-order valence-corrected chi connectivity index (χ1v) is 7.89. The molecule has 0 amide bonds. The molecule has 124 valence electrons. The maximum absolute atomic E-state index is 14.5. The second-order valence-electron chi connectivity index (χ2n) is 5.84. The number of imidazole rings is 1. The van der Waals surface area contributed by atoms with Crippen LogP contribution in [0.1, 0.15) is 47.4 Å². The van der Waals surface area contributed by atoms with E-state index in [1.54, 1.807) is 13.1 Å². The highest BCUT2D eigenvalue weighted by atomic mass is 19.1. The molecule has 0 radical (unpaired) electrons. The number of rotatable bonds is 5. The summed E-state index contributed by atoms with van der Waals surface area (Å²) in [6.45, 7) is 2.30. The zero-order chi connectivity index (χ0) is 16.7. The topological polar surface area (TPSA) is 74.3 Å². The van der Waals surface area contributed by atoms with Gasteiger partial charge in [-0.2, -0.15) is 4.39 Å². The van der Waals surface area contributed by atoms with Gasteiger partial charge in [0, 0.05) is 11.8 Å². The lowest BCUT2D eigenvalue weighted by Crippen LogP contribution is -2.05. The lowest BCUT2D eigenvalue weighted by molar-refractivity contribution is 0.0519. The number of esters is 1. The van der Waals surface area contributed by atoms with Gasteiger partial charge in [0.1, 0.15) is 5.65 Å². The van der Waals surface area contributed by atoms with Crippen LogP contribution in [0.15, 0.2) is 24.5 Å². The van der Waals surface area contributed by atoms with Crippen molar-refractivity contribution in [3.8, 4) is 0 Å². The molecule has 4 rings (SSSR count). The molecule has 1 saturated carbocycles. The Balaban J connectivity index is 1.58. The second kappa shape index (κ2) is 5.70. The molecular formula is C16H16FN5O2. The summed E-state index contributed by atoms with van der Waals surface area (Å²) in [5.41, 5.74) is 2.08. The minimum Gasteiger partial charge on any atom is -0.461 e. The maximum atomic E-state index is 14.5. The summed E-state index contributed by atoms with van der Waals surface area (Å²) in [6.07, 6.45) is 5.23. The number of hydrogen-bond donors (Lipinski definition) is 0. The number of halogens is 1. The molecule has 1 aliphatic rings. The highest BCUT2D eigenvalue weighted by Gasteiger charge is 2.27. The van der Waals surface area contributed by atoms with Crippen molar-refractivity contribution in [3.05, 3.63) is 47.4 Å². The number of nitrogens with zero attached hydrogens (tertiary/aromatic N) is 5. The third kappa shape index (κ3) is 2.64. The standard InChI is InChI=1S/C16H16FN5O2/c1-2-24-16(23)13-9-21(20-19-13)7-11-8-22-14(18-11)6-5-12(15(22)17)10-3-4-10/h5-6,8-10H,2-4,7H2,1H3. The summed E-state index contributed by atoms with van der Waals surface area (Å²) in [5, 5.41) is 7.66. The van der Waals surface area contributed by atoms with Gasteiger partial charge >= 0.3 is 5.97 Å². The molecule has 1 aliphatic carbocycles. The lowest BCUT2D eigenvalue weighted by Gasteiger charge is -2.02. The Labute approximate surface area is 137 Å². The number of pyridine rings is 1. The van der Waals surface area contributed by atoms with E-state index in [4.69, 9.17) is 4.74 Å². The summed E-state index contributed by atoms with van der Waals surface area (Å²) in [6, 6.07) is 3.64. The Morgan fingerprint density at radius 1 is 1.38 bits per heavy atom. The normalized spacial score (nSPS) is 14.2. The average Bonchev–Trinajstić information content (AvgIpc) is 3.14. The summed E-state index contributed by atoms with van der Waals surface area (Å²) < 4.78 is 22.4. The summed E-state index contributed by atoms with van der Waals surface area (Å²) in [5.74, 6) is -0.430. The predicted octanol–water partition coefficient (Wildman–Crippen LogP) is 2.17. The molecule has 0 unspecified atom stereocenters.